The van der Waals surface area contributed by atoms with Crippen LogP contribution in [0.3, 0.4) is 0 Å². The molecule has 2 aliphatic rings. The zero-order valence-electron chi connectivity index (χ0n) is 65.9. The highest BCUT2D eigenvalue weighted by atomic mass is 15.2. The molecule has 0 fully saturated rings. The molecular weight excluding hydrogens is 1210 g/mol. The number of hydrogen-bond acceptors (Lipinski definition) is 2. The second-order valence-corrected chi connectivity index (χ2v) is 30.0. The summed E-state index contributed by atoms with van der Waals surface area (Å²) in [7, 11) is 0. The highest BCUT2D eigenvalue weighted by Crippen LogP contribution is 2.53. The Morgan fingerprint density at radius 2 is 0.640 bits per heavy atom. The van der Waals surface area contributed by atoms with E-state index < -0.39 is 36.3 Å². The van der Waals surface area contributed by atoms with Gasteiger partial charge in [-0.25, -0.2) is 0 Å². The van der Waals surface area contributed by atoms with Gasteiger partial charge in [0.05, 0.1) is 33.4 Å². The summed E-state index contributed by atoms with van der Waals surface area (Å²) in [5.74, 6) is 0. The van der Waals surface area contributed by atoms with Gasteiger partial charge >= 0.3 is 0 Å². The number of para-hydroxylation sites is 2. The zero-order chi connectivity index (χ0) is 75.1. The van der Waals surface area contributed by atoms with E-state index in [0.717, 1.165) is 140 Å². The third-order valence-corrected chi connectivity index (χ3v) is 20.4. The highest BCUT2D eigenvalue weighted by molar-refractivity contribution is 7.00. The van der Waals surface area contributed by atoms with Crippen LogP contribution in [-0.2, 0) is 16.2 Å². The SMILES string of the molecule is [2H]c1c([2H])c([2H])c2c(c1[2H])c1c([2H])c([2H])c([2H])c([2H])c1n2-c1ccc2c(c1)N(c1ccc(C(C)(C)C)cc1-c1cc(-c3ccccc3)cc(-c3ccccc3)c1)c1cc(C(C)(C)C)cc3c1B2c1cc(-c2ccccc2)ccc1N3c1ccc(C(C)(C)C)cc1-c1cc(-c2ccccc2)cc(-c2ccccc2)c1. The van der Waals surface area contributed by atoms with Gasteiger partial charge in [0, 0.05) is 50.3 Å². The van der Waals surface area contributed by atoms with Crippen LogP contribution in [0, 0.1) is 0 Å². The second kappa shape index (κ2) is 24.2. The number of benzene rings is 14. The largest absolute Gasteiger partial charge is 0.311 e. The van der Waals surface area contributed by atoms with Gasteiger partial charge in [0.1, 0.15) is 0 Å². The van der Waals surface area contributed by atoms with E-state index in [1.807, 2.05) is 6.07 Å². The Morgan fingerprint density at radius 1 is 0.270 bits per heavy atom. The van der Waals surface area contributed by atoms with Crippen LogP contribution < -0.4 is 26.2 Å². The van der Waals surface area contributed by atoms with Crippen LogP contribution in [-0.4, -0.2) is 11.3 Å². The van der Waals surface area contributed by atoms with Gasteiger partial charge in [0.25, 0.3) is 6.71 Å². The fourth-order valence-electron chi connectivity index (χ4n) is 15.2. The van der Waals surface area contributed by atoms with Gasteiger partial charge in [0.15, 0.2) is 0 Å². The number of hydrogen-bond donors (Lipinski definition) is 0. The summed E-state index contributed by atoms with van der Waals surface area (Å²) < 4.78 is 77.0. The molecule has 0 radical (unpaired) electrons. The van der Waals surface area contributed by atoms with Crippen molar-refractivity contribution in [3.63, 3.8) is 0 Å². The number of rotatable bonds is 10. The van der Waals surface area contributed by atoms with Gasteiger partial charge in [-0.3, -0.25) is 0 Å². The Labute approximate surface area is 601 Å². The average Bonchev–Trinajstić information content (AvgIpc) is 0.828. The smallest absolute Gasteiger partial charge is 0.252 e. The van der Waals surface area contributed by atoms with Gasteiger partial charge in [-0.2, -0.15) is 0 Å². The van der Waals surface area contributed by atoms with Crippen molar-refractivity contribution in [2.24, 2.45) is 0 Å². The molecule has 0 saturated heterocycles. The Morgan fingerprint density at radius 3 is 1.05 bits per heavy atom. The van der Waals surface area contributed by atoms with E-state index in [1.165, 1.54) is 5.56 Å². The van der Waals surface area contributed by atoms with Crippen LogP contribution in [0.5, 0.6) is 0 Å². The van der Waals surface area contributed by atoms with Crippen LogP contribution in [0.4, 0.5) is 34.1 Å². The van der Waals surface area contributed by atoms with Crippen LogP contribution >= 0.6 is 0 Å². The van der Waals surface area contributed by atoms with E-state index in [9.17, 15) is 8.22 Å². The first-order valence-corrected chi connectivity index (χ1v) is 34.8. The summed E-state index contributed by atoms with van der Waals surface area (Å²) >= 11 is 0. The van der Waals surface area contributed by atoms with E-state index in [1.54, 1.807) is 4.57 Å². The molecule has 0 amide bonds. The minimum atomic E-state index is -0.495. The quantitative estimate of drug-likeness (QED) is 0.126. The Hall–Kier alpha value is -11.5. The predicted octanol–water partition coefficient (Wildman–Crippen LogP) is 24.4. The zero-order valence-corrected chi connectivity index (χ0v) is 57.9. The highest BCUT2D eigenvalue weighted by Gasteiger charge is 2.46. The lowest BCUT2D eigenvalue weighted by Gasteiger charge is -2.46. The van der Waals surface area contributed by atoms with Crippen molar-refractivity contribution in [3.05, 3.63) is 338 Å². The summed E-state index contributed by atoms with van der Waals surface area (Å²) in [6, 6.07) is 95.6. The van der Waals surface area contributed by atoms with Crippen molar-refractivity contribution >= 4 is 79.0 Å². The molecule has 15 aromatic rings. The fraction of sp³-hybridized carbons (Fsp3) is 0.125. The Kier molecular flexibility index (Phi) is 13.0. The first kappa shape index (κ1) is 53.6. The molecule has 2 aliphatic heterocycles. The van der Waals surface area contributed by atoms with Gasteiger partial charge in [0.2, 0.25) is 0 Å². The summed E-state index contributed by atoms with van der Waals surface area (Å²) in [6.07, 6.45) is 0. The van der Waals surface area contributed by atoms with Crippen LogP contribution in [0.15, 0.2) is 321 Å². The minimum absolute atomic E-state index is 0.0164. The molecule has 0 saturated carbocycles. The van der Waals surface area contributed by atoms with Crippen LogP contribution in [0.25, 0.3) is 105 Å². The maximum Gasteiger partial charge on any atom is 0.252 e. The molecule has 4 heteroatoms. The van der Waals surface area contributed by atoms with Gasteiger partial charge < -0.3 is 14.4 Å². The molecule has 0 atom stereocenters. The third kappa shape index (κ3) is 10.9. The minimum Gasteiger partial charge on any atom is -0.311 e. The molecule has 14 aromatic carbocycles. The van der Waals surface area contributed by atoms with Crippen molar-refractivity contribution < 1.29 is 11.0 Å². The summed E-state index contributed by atoms with van der Waals surface area (Å²) in [5, 5.41) is 0.0327. The first-order chi connectivity index (χ1) is 51.8. The summed E-state index contributed by atoms with van der Waals surface area (Å²) in [4.78, 5) is 4.98. The van der Waals surface area contributed by atoms with Gasteiger partial charge in [-0.15, -0.1) is 0 Å². The number of anilines is 6. The van der Waals surface area contributed by atoms with Crippen molar-refractivity contribution in [2.45, 2.75) is 78.6 Å². The summed E-state index contributed by atoms with van der Waals surface area (Å²) in [5.41, 5.74) is 26.5. The van der Waals surface area contributed by atoms with E-state index in [0.29, 0.717) is 5.69 Å². The fourth-order valence-corrected chi connectivity index (χ4v) is 15.2. The molecule has 3 heterocycles. The lowest BCUT2D eigenvalue weighted by atomic mass is 9.33. The lowest BCUT2D eigenvalue weighted by molar-refractivity contribution is 0.590. The maximum atomic E-state index is 9.81. The van der Waals surface area contributed by atoms with Crippen LogP contribution in [0.2, 0.25) is 0 Å². The lowest BCUT2D eigenvalue weighted by Crippen LogP contribution is -2.61. The molecule has 482 valence electrons. The average molecular weight is 1290 g/mol. The molecule has 0 bridgehead atoms. The van der Waals surface area contributed by atoms with Crippen molar-refractivity contribution in [1.82, 2.24) is 4.57 Å². The van der Waals surface area contributed by atoms with E-state index in [4.69, 9.17) is 2.74 Å². The molecule has 17 rings (SSSR count). The van der Waals surface area contributed by atoms with Crippen molar-refractivity contribution in [3.8, 4) is 83.6 Å². The standard InChI is InChI=1S/C96H80BN3/c1-94(2,3)75-44-49-87(81(58-75)73-53-69(64-31-17-11-18-32-64)51-70(54-73)65-33-19-12-20-34-65)99-89-48-43-68(63-29-15-10-16-30-63)57-84(89)97-83-47-46-78(98-85-41-27-25-39-79(85)80-40-26-28-42-86(80)98)62-90(83)100(92-61-77(96(7,8)9)60-91(99)93(92)97)88-50-45-76(95(4,5)6)59-82(88)74-55-71(66-35-21-13-22-36-66)52-72(56-74)67-37-23-14-24-38-67/h10-62H,1-9H3/i25D,26D,27D,28D,39D,40D,41D,42D. The molecule has 0 unspecified atom stereocenters. The monoisotopic (exact) mass is 1290 g/mol. The van der Waals surface area contributed by atoms with Crippen molar-refractivity contribution in [2.75, 3.05) is 9.80 Å². The first-order valence-electron chi connectivity index (χ1n) is 38.8. The van der Waals surface area contributed by atoms with Crippen molar-refractivity contribution in [1.29, 1.82) is 0 Å². The van der Waals surface area contributed by atoms with Crippen LogP contribution in [0.1, 0.15) is 90.0 Å². The van der Waals surface area contributed by atoms with E-state index in [-0.39, 0.29) is 56.8 Å². The predicted molar refractivity (Wildman–Crippen MR) is 429 cm³/mol. The molecule has 0 spiro atoms. The number of nitrogens with zero attached hydrogens (tertiary/aromatic N) is 3. The molecule has 1 aromatic heterocycles. The second-order valence-electron chi connectivity index (χ2n) is 30.0. The number of aromatic nitrogens is 1. The topological polar surface area (TPSA) is 11.4 Å². The Bertz CT molecular complexity index is 5960. The van der Waals surface area contributed by atoms with E-state index >= 15 is 0 Å². The van der Waals surface area contributed by atoms with Gasteiger partial charge in [-0.1, -0.05) is 281 Å². The maximum absolute atomic E-state index is 9.81. The third-order valence-electron chi connectivity index (χ3n) is 20.4. The molecule has 3 nitrogen and oxygen atoms in total. The molecule has 0 aliphatic carbocycles. The Balaban J connectivity index is 1.03. The van der Waals surface area contributed by atoms with Gasteiger partial charge in [-0.05, 0) is 219 Å². The molecule has 0 N–H and O–H groups in total. The number of fused-ring (bicyclic) bond motifs is 7. The molecular formula is C96H80BN3. The summed E-state index contributed by atoms with van der Waals surface area (Å²) in [6.45, 7) is 20.0. The molecule has 100 heavy (non-hydrogen) atoms. The van der Waals surface area contributed by atoms with E-state index in [2.05, 4.69) is 339 Å². The normalized spacial score (nSPS) is 13.9.